The molecule has 0 fully saturated rings. The zero-order valence-corrected chi connectivity index (χ0v) is 6.14. The van der Waals surface area contributed by atoms with E-state index in [1.165, 1.54) is 6.92 Å². The number of aliphatic hydroxyl groups excluding tert-OH is 1. The summed E-state index contributed by atoms with van der Waals surface area (Å²) < 4.78 is 24.5. The topological polar surface area (TPSA) is 46.2 Å². The molecule has 0 aliphatic carbocycles. The Morgan fingerprint density at radius 3 is 2.10 bits per heavy atom. The summed E-state index contributed by atoms with van der Waals surface area (Å²) in [5.41, 5.74) is 5.08. The summed E-state index contributed by atoms with van der Waals surface area (Å²) in [6, 6.07) is 0. The first kappa shape index (κ1) is 9.78. The Kier molecular flexibility index (Phi) is 3.18. The van der Waals surface area contributed by atoms with Crippen molar-refractivity contribution in [1.29, 1.82) is 0 Å². The minimum Gasteiger partial charge on any atom is -0.387 e. The fourth-order valence-electron chi connectivity index (χ4n) is 0.628. The van der Waals surface area contributed by atoms with Gasteiger partial charge in [0.25, 0.3) is 5.92 Å². The van der Waals surface area contributed by atoms with Crippen LogP contribution in [0.1, 0.15) is 13.8 Å². The van der Waals surface area contributed by atoms with Crippen LogP contribution < -0.4 is 5.73 Å². The van der Waals surface area contributed by atoms with Crippen molar-refractivity contribution in [3.05, 3.63) is 0 Å². The van der Waals surface area contributed by atoms with Crippen LogP contribution >= 0.6 is 0 Å². The van der Waals surface area contributed by atoms with E-state index in [4.69, 9.17) is 10.8 Å². The maximum atomic E-state index is 12.2. The van der Waals surface area contributed by atoms with Crippen LogP contribution in [0.25, 0.3) is 0 Å². The molecular formula is C6H13F2NO. The van der Waals surface area contributed by atoms with Gasteiger partial charge in [-0.15, -0.1) is 0 Å². The molecule has 0 saturated heterocycles. The lowest BCUT2D eigenvalue weighted by atomic mass is 10.0. The second kappa shape index (κ2) is 3.25. The van der Waals surface area contributed by atoms with Gasteiger partial charge < -0.3 is 10.8 Å². The summed E-state index contributed by atoms with van der Waals surface area (Å²) in [5, 5.41) is 8.82. The number of halogens is 2. The quantitative estimate of drug-likeness (QED) is 0.623. The van der Waals surface area contributed by atoms with Crippen LogP contribution in [0.2, 0.25) is 0 Å². The molecule has 4 heteroatoms. The highest BCUT2D eigenvalue weighted by molar-refractivity contribution is 4.76. The lowest BCUT2D eigenvalue weighted by molar-refractivity contribution is -0.113. The average molecular weight is 153 g/mol. The summed E-state index contributed by atoms with van der Waals surface area (Å²) in [4.78, 5) is 0. The largest absolute Gasteiger partial charge is 0.387 e. The van der Waals surface area contributed by atoms with Gasteiger partial charge in [-0.3, -0.25) is 0 Å². The molecule has 2 unspecified atom stereocenters. The van der Waals surface area contributed by atoms with Crippen molar-refractivity contribution in [2.24, 2.45) is 11.7 Å². The zero-order chi connectivity index (χ0) is 8.36. The van der Waals surface area contributed by atoms with Gasteiger partial charge in [0, 0.05) is 12.8 Å². The molecule has 62 valence electrons. The van der Waals surface area contributed by atoms with Crippen LogP contribution in [0.4, 0.5) is 8.78 Å². The number of hydrogen-bond acceptors (Lipinski definition) is 2. The van der Waals surface area contributed by atoms with Gasteiger partial charge in [-0.25, -0.2) is 8.78 Å². The highest BCUT2D eigenvalue weighted by Gasteiger charge is 2.35. The van der Waals surface area contributed by atoms with E-state index in [1.54, 1.807) is 0 Å². The van der Waals surface area contributed by atoms with E-state index in [1.807, 2.05) is 0 Å². The van der Waals surface area contributed by atoms with Gasteiger partial charge in [0.05, 0.1) is 0 Å². The molecule has 2 nitrogen and oxygen atoms in total. The number of hydrogen-bond donors (Lipinski definition) is 2. The minimum absolute atomic E-state index is 0.0740. The van der Waals surface area contributed by atoms with Crippen LogP contribution in [0, 0.1) is 5.92 Å². The lowest BCUT2D eigenvalue weighted by Gasteiger charge is -2.22. The number of aliphatic hydroxyl groups is 1. The molecule has 0 aromatic heterocycles. The number of alkyl halides is 2. The first-order chi connectivity index (χ1) is 4.39. The predicted octanol–water partition coefficient (Wildman–Crippen LogP) is 0.597. The summed E-state index contributed by atoms with van der Waals surface area (Å²) in [5.74, 6) is -3.60. The molecule has 0 saturated carbocycles. The number of rotatable bonds is 3. The minimum atomic E-state index is -3.04. The summed E-state index contributed by atoms with van der Waals surface area (Å²) in [7, 11) is 0. The van der Waals surface area contributed by atoms with Crippen LogP contribution in [0.5, 0.6) is 0 Å². The van der Waals surface area contributed by atoms with E-state index in [-0.39, 0.29) is 6.54 Å². The van der Waals surface area contributed by atoms with Crippen molar-refractivity contribution in [3.8, 4) is 0 Å². The summed E-state index contributed by atoms with van der Waals surface area (Å²) >= 11 is 0. The Balaban J connectivity index is 3.94. The normalized spacial score (nSPS) is 18.6. The molecule has 3 N–H and O–H groups in total. The average Bonchev–Trinajstić information content (AvgIpc) is 1.83. The third-order valence-electron chi connectivity index (χ3n) is 1.43. The van der Waals surface area contributed by atoms with Crippen molar-refractivity contribution in [2.75, 3.05) is 6.54 Å². The molecule has 0 radical (unpaired) electrons. The maximum Gasteiger partial charge on any atom is 0.271 e. The lowest BCUT2D eigenvalue weighted by Crippen LogP contribution is -2.38. The van der Waals surface area contributed by atoms with Crippen molar-refractivity contribution in [1.82, 2.24) is 0 Å². The van der Waals surface area contributed by atoms with Crippen molar-refractivity contribution < 1.29 is 13.9 Å². The monoisotopic (exact) mass is 153 g/mol. The molecule has 0 spiro atoms. The zero-order valence-electron chi connectivity index (χ0n) is 6.14. The highest BCUT2D eigenvalue weighted by Crippen LogP contribution is 2.22. The fraction of sp³-hybridized carbons (Fsp3) is 1.00. The van der Waals surface area contributed by atoms with Gasteiger partial charge in [-0.05, 0) is 6.54 Å². The van der Waals surface area contributed by atoms with Crippen LogP contribution in [0.3, 0.4) is 0 Å². The van der Waals surface area contributed by atoms with Gasteiger partial charge >= 0.3 is 0 Å². The smallest absolute Gasteiger partial charge is 0.271 e. The third-order valence-corrected chi connectivity index (χ3v) is 1.43. The van der Waals surface area contributed by atoms with Gasteiger partial charge in [-0.1, -0.05) is 6.92 Å². The summed E-state index contributed by atoms with van der Waals surface area (Å²) in [6.45, 7) is 2.25. The Morgan fingerprint density at radius 2 is 2.00 bits per heavy atom. The first-order valence-corrected chi connectivity index (χ1v) is 3.15. The third kappa shape index (κ3) is 2.58. The second-order valence-corrected chi connectivity index (χ2v) is 2.61. The van der Waals surface area contributed by atoms with Gasteiger partial charge in [0.2, 0.25) is 0 Å². The van der Waals surface area contributed by atoms with Crippen molar-refractivity contribution in [3.63, 3.8) is 0 Å². The SMILES string of the molecule is CC(CN)C(O)C(C)(F)F. The molecule has 0 amide bonds. The van der Waals surface area contributed by atoms with Crippen LogP contribution in [-0.2, 0) is 0 Å². The molecule has 10 heavy (non-hydrogen) atoms. The Hall–Kier alpha value is -0.220. The second-order valence-electron chi connectivity index (χ2n) is 2.61. The molecule has 0 rings (SSSR count). The maximum absolute atomic E-state index is 12.2. The van der Waals surface area contributed by atoms with E-state index in [2.05, 4.69) is 0 Å². The van der Waals surface area contributed by atoms with Gasteiger partial charge in [0.1, 0.15) is 6.10 Å². The van der Waals surface area contributed by atoms with Gasteiger partial charge in [0.15, 0.2) is 0 Å². The molecule has 0 heterocycles. The first-order valence-electron chi connectivity index (χ1n) is 3.15. The van der Waals surface area contributed by atoms with E-state index in [0.29, 0.717) is 6.92 Å². The highest BCUT2D eigenvalue weighted by atomic mass is 19.3. The predicted molar refractivity (Wildman–Crippen MR) is 34.8 cm³/mol. The van der Waals surface area contributed by atoms with E-state index in [0.717, 1.165) is 0 Å². The standard InChI is InChI=1S/C6H13F2NO/c1-4(3-9)5(10)6(2,7)8/h4-5,10H,3,9H2,1-2H3. The molecule has 0 aliphatic heterocycles. The van der Waals surface area contributed by atoms with Crippen LogP contribution in [-0.4, -0.2) is 23.7 Å². The molecular weight excluding hydrogens is 140 g/mol. The van der Waals surface area contributed by atoms with Crippen molar-refractivity contribution >= 4 is 0 Å². The van der Waals surface area contributed by atoms with Crippen molar-refractivity contribution in [2.45, 2.75) is 25.9 Å². The number of nitrogens with two attached hydrogens (primary N) is 1. The molecule has 2 atom stereocenters. The fourth-order valence-corrected chi connectivity index (χ4v) is 0.628. The Labute approximate surface area is 59.0 Å². The molecule has 0 aromatic rings. The molecule has 0 bridgehead atoms. The van der Waals surface area contributed by atoms with E-state index >= 15 is 0 Å². The van der Waals surface area contributed by atoms with E-state index < -0.39 is 17.9 Å². The Morgan fingerprint density at radius 1 is 1.60 bits per heavy atom. The van der Waals surface area contributed by atoms with Crippen LogP contribution in [0.15, 0.2) is 0 Å². The molecule has 0 aliphatic rings. The summed E-state index contributed by atoms with van der Waals surface area (Å²) in [6.07, 6.45) is -1.63. The Bertz CT molecular complexity index is 102. The van der Waals surface area contributed by atoms with Gasteiger partial charge in [-0.2, -0.15) is 0 Å². The molecule has 0 aromatic carbocycles. The van der Waals surface area contributed by atoms with E-state index in [9.17, 15) is 8.78 Å².